The van der Waals surface area contributed by atoms with E-state index >= 15 is 0 Å². The Hall–Kier alpha value is -6.27. The number of ether oxygens (including phenoxy) is 3. The fourth-order valence-corrected chi connectivity index (χ4v) is 7.46. The molecule has 0 radical (unpaired) electrons. The summed E-state index contributed by atoms with van der Waals surface area (Å²) in [5, 5.41) is 0. The molecule has 0 aliphatic rings. The van der Waals surface area contributed by atoms with E-state index in [1.165, 1.54) is 19.3 Å². The topological polar surface area (TPSA) is 78.9 Å². The highest BCUT2D eigenvalue weighted by atomic mass is 16.6. The van der Waals surface area contributed by atoms with Gasteiger partial charge in [0.05, 0.1) is 6.42 Å². The summed E-state index contributed by atoms with van der Waals surface area (Å²) in [4.78, 5) is 38.2. The highest BCUT2D eigenvalue weighted by Crippen LogP contribution is 2.12. The van der Waals surface area contributed by atoms with Crippen molar-refractivity contribution in [3.05, 3.63) is 219 Å². The van der Waals surface area contributed by atoms with Crippen LogP contribution in [-0.4, -0.2) is 37.2 Å². The number of hydrogen-bond acceptors (Lipinski definition) is 6. The first-order chi connectivity index (χ1) is 40.0. The normalized spacial score (nSPS) is 13.7. The average molecular weight is 1110 g/mol. The summed E-state index contributed by atoms with van der Waals surface area (Å²) in [5.41, 5.74) is 0. The SMILES string of the molecule is CC/C=C\C/C=C\C/C=C\C/C=C\C/C=C\C/C=C\C/C=C\CCCCCCCCCC(=O)OCC(COC(=O)C/C=C\C/C=C\C/C=C\C/C=C\C/C=C\CC)OC(=O)CC/C=C\C/C=C\C/C=C\C/C=C\C/C=C\C/C=C\CC. The maximum absolute atomic E-state index is 12.9. The monoisotopic (exact) mass is 1110 g/mol. The summed E-state index contributed by atoms with van der Waals surface area (Å²) in [6, 6.07) is 0. The molecule has 446 valence electrons. The lowest BCUT2D eigenvalue weighted by molar-refractivity contribution is -0.166. The summed E-state index contributed by atoms with van der Waals surface area (Å²) in [6.45, 7) is 6.11. The van der Waals surface area contributed by atoms with Crippen molar-refractivity contribution < 1.29 is 28.6 Å². The molecule has 6 heteroatoms. The fraction of sp³-hybridized carbons (Fsp3) is 0.480. The first-order valence-corrected chi connectivity index (χ1v) is 31.2. The van der Waals surface area contributed by atoms with Gasteiger partial charge in [0.25, 0.3) is 0 Å². The van der Waals surface area contributed by atoms with E-state index in [4.69, 9.17) is 14.2 Å². The number of unbranched alkanes of at least 4 members (excludes halogenated alkanes) is 7. The van der Waals surface area contributed by atoms with Gasteiger partial charge in [0.2, 0.25) is 0 Å². The minimum Gasteiger partial charge on any atom is -0.462 e. The molecule has 0 saturated carbocycles. The Morgan fingerprint density at radius 3 is 0.852 bits per heavy atom. The lowest BCUT2D eigenvalue weighted by atomic mass is 10.1. The molecule has 1 unspecified atom stereocenters. The summed E-state index contributed by atoms with van der Waals surface area (Å²) in [7, 11) is 0. The van der Waals surface area contributed by atoms with Gasteiger partial charge in [0.15, 0.2) is 6.10 Å². The molecule has 0 saturated heterocycles. The van der Waals surface area contributed by atoms with Crippen LogP contribution < -0.4 is 0 Å². The zero-order chi connectivity index (χ0) is 58.5. The van der Waals surface area contributed by atoms with Gasteiger partial charge in [-0.25, -0.2) is 0 Å². The van der Waals surface area contributed by atoms with Crippen molar-refractivity contribution in [2.24, 2.45) is 0 Å². The maximum Gasteiger partial charge on any atom is 0.309 e. The Bertz CT molecular complexity index is 2050. The van der Waals surface area contributed by atoms with Crippen LogP contribution in [0.3, 0.4) is 0 Å². The molecule has 0 aromatic heterocycles. The number of carbonyl (C=O) groups excluding carboxylic acids is 3. The van der Waals surface area contributed by atoms with E-state index in [2.05, 4.69) is 215 Å². The van der Waals surface area contributed by atoms with Gasteiger partial charge >= 0.3 is 17.9 Å². The first kappa shape index (κ1) is 74.7. The van der Waals surface area contributed by atoms with Crippen molar-refractivity contribution in [3.63, 3.8) is 0 Å². The Labute approximate surface area is 495 Å². The third kappa shape index (κ3) is 64.4. The molecule has 0 aliphatic carbocycles. The zero-order valence-electron chi connectivity index (χ0n) is 50.9. The number of hydrogen-bond donors (Lipinski definition) is 0. The smallest absolute Gasteiger partial charge is 0.309 e. The maximum atomic E-state index is 12.9. The van der Waals surface area contributed by atoms with Gasteiger partial charge in [-0.15, -0.1) is 0 Å². The molecule has 0 bridgehead atoms. The summed E-state index contributed by atoms with van der Waals surface area (Å²) in [6.07, 6.45) is 104. The molecule has 0 aromatic carbocycles. The van der Waals surface area contributed by atoms with E-state index in [9.17, 15) is 14.4 Å². The van der Waals surface area contributed by atoms with E-state index < -0.39 is 18.0 Å². The van der Waals surface area contributed by atoms with Crippen LogP contribution >= 0.6 is 0 Å². The molecular weight excluding hydrogens is 997 g/mol. The molecule has 0 heterocycles. The van der Waals surface area contributed by atoms with Gasteiger partial charge in [-0.2, -0.15) is 0 Å². The summed E-state index contributed by atoms with van der Waals surface area (Å²) >= 11 is 0. The van der Waals surface area contributed by atoms with Crippen LogP contribution in [0, 0.1) is 0 Å². The van der Waals surface area contributed by atoms with E-state index in [1.807, 2.05) is 18.2 Å². The zero-order valence-corrected chi connectivity index (χ0v) is 50.9. The van der Waals surface area contributed by atoms with E-state index in [0.717, 1.165) is 141 Å². The highest BCUT2D eigenvalue weighted by Gasteiger charge is 2.19. The fourth-order valence-electron chi connectivity index (χ4n) is 7.46. The van der Waals surface area contributed by atoms with E-state index in [0.29, 0.717) is 19.3 Å². The molecule has 0 spiro atoms. The quantitative estimate of drug-likeness (QED) is 0.0261. The van der Waals surface area contributed by atoms with Gasteiger partial charge in [0, 0.05) is 12.8 Å². The van der Waals surface area contributed by atoms with Crippen molar-refractivity contribution in [2.75, 3.05) is 13.2 Å². The van der Waals surface area contributed by atoms with Crippen LogP contribution in [0.25, 0.3) is 0 Å². The Balaban J connectivity index is 4.57. The van der Waals surface area contributed by atoms with Gasteiger partial charge in [0.1, 0.15) is 13.2 Å². The first-order valence-electron chi connectivity index (χ1n) is 31.2. The standard InChI is InChI=1S/C75H110O6/c1-4-7-10-13-16-19-22-25-28-30-32-33-34-35-36-37-38-39-40-41-43-44-47-50-53-56-59-62-65-68-74(77)80-71-72(70-79-73(76)67-64-61-58-55-52-49-46-27-24-21-18-15-12-9-6-3)81-75(78)69-66-63-60-57-54-51-48-45-42-31-29-26-23-20-17-14-11-8-5-2/h7-12,16-21,25-29,32-33,35-36,38-39,41-43,45-46,51-52,54-55,60-61,63-64,72H,4-6,13-15,22-24,30-31,34,37,40,44,47-50,53,56-59,62,65-71H2,1-3H3/b10-7-,11-8-,12-9-,19-16-,20-17-,21-18-,28-25-,29-26-,33-32-,36-35-,39-38-,43-41-,45-42-,46-27-,54-51-,55-52-,63-60-,64-61-. The van der Waals surface area contributed by atoms with Crippen LogP contribution in [0.4, 0.5) is 0 Å². The van der Waals surface area contributed by atoms with Crippen molar-refractivity contribution in [3.8, 4) is 0 Å². The van der Waals surface area contributed by atoms with Crippen molar-refractivity contribution in [1.29, 1.82) is 0 Å². The molecule has 0 aromatic rings. The van der Waals surface area contributed by atoms with Crippen LogP contribution in [0.2, 0.25) is 0 Å². The molecule has 1 atom stereocenters. The van der Waals surface area contributed by atoms with Gasteiger partial charge in [-0.3, -0.25) is 14.4 Å². The molecule has 0 aliphatic heterocycles. The van der Waals surface area contributed by atoms with Gasteiger partial charge in [-0.05, 0) is 141 Å². The molecule has 0 N–H and O–H groups in total. The molecule has 81 heavy (non-hydrogen) atoms. The lowest BCUT2D eigenvalue weighted by Gasteiger charge is -2.18. The second-order valence-corrected chi connectivity index (χ2v) is 19.5. The Morgan fingerprint density at radius 1 is 0.259 bits per heavy atom. The molecule has 0 amide bonds. The largest absolute Gasteiger partial charge is 0.462 e. The second kappa shape index (κ2) is 66.2. The molecular formula is C75H110O6. The number of allylic oxidation sites excluding steroid dienone is 35. The molecule has 6 nitrogen and oxygen atoms in total. The Morgan fingerprint density at radius 2 is 0.519 bits per heavy atom. The predicted octanol–water partition coefficient (Wildman–Crippen LogP) is 21.8. The van der Waals surface area contributed by atoms with Crippen LogP contribution in [-0.2, 0) is 28.6 Å². The predicted molar refractivity (Wildman–Crippen MR) is 352 cm³/mol. The molecule has 0 rings (SSSR count). The van der Waals surface area contributed by atoms with E-state index in [-0.39, 0.29) is 32.0 Å². The van der Waals surface area contributed by atoms with Crippen LogP contribution in [0.1, 0.15) is 213 Å². The number of rotatable bonds is 53. The van der Waals surface area contributed by atoms with E-state index in [1.54, 1.807) is 6.08 Å². The highest BCUT2D eigenvalue weighted by molar-refractivity contribution is 5.72. The lowest BCUT2D eigenvalue weighted by Crippen LogP contribution is -2.30. The summed E-state index contributed by atoms with van der Waals surface area (Å²) in [5.74, 6) is -1.20. The third-order valence-corrected chi connectivity index (χ3v) is 12.0. The van der Waals surface area contributed by atoms with Gasteiger partial charge < -0.3 is 14.2 Å². The van der Waals surface area contributed by atoms with Gasteiger partial charge in [-0.1, -0.05) is 272 Å². The van der Waals surface area contributed by atoms with Crippen molar-refractivity contribution >= 4 is 17.9 Å². The van der Waals surface area contributed by atoms with Crippen molar-refractivity contribution in [2.45, 2.75) is 219 Å². The summed E-state index contributed by atoms with van der Waals surface area (Å²) < 4.78 is 16.7. The molecule has 0 fully saturated rings. The number of carbonyl (C=O) groups is 3. The minimum absolute atomic E-state index is 0.0967. The average Bonchev–Trinajstić information content (AvgIpc) is 3.47. The third-order valence-electron chi connectivity index (χ3n) is 12.0. The van der Waals surface area contributed by atoms with Crippen LogP contribution in [0.5, 0.6) is 0 Å². The second-order valence-electron chi connectivity index (χ2n) is 19.5. The Kier molecular flexibility index (Phi) is 61.1. The van der Waals surface area contributed by atoms with Crippen LogP contribution in [0.15, 0.2) is 219 Å². The van der Waals surface area contributed by atoms with Crippen molar-refractivity contribution in [1.82, 2.24) is 0 Å². The number of esters is 3. The minimum atomic E-state index is -0.879.